The summed E-state index contributed by atoms with van der Waals surface area (Å²) in [4.78, 5) is 20.0. The maximum Gasteiger partial charge on any atom is 0.213 e. The molecule has 0 aliphatic heterocycles. The lowest BCUT2D eigenvalue weighted by atomic mass is 9.93. The molecule has 1 fully saturated rings. The molecule has 3 aromatic rings. The molecule has 1 aliphatic rings. The third kappa shape index (κ3) is 3.40. The fourth-order valence-electron chi connectivity index (χ4n) is 3.13. The number of hydrogen-bond donors (Lipinski definition) is 0. The van der Waals surface area contributed by atoms with Gasteiger partial charge in [0.05, 0.1) is 36.3 Å². The van der Waals surface area contributed by atoms with E-state index in [1.54, 1.807) is 12.3 Å². The quantitative estimate of drug-likeness (QED) is 0.597. The molecule has 0 bridgehead atoms. The summed E-state index contributed by atoms with van der Waals surface area (Å²) in [6, 6.07) is 7.82. The molecule has 0 aromatic carbocycles. The summed E-state index contributed by atoms with van der Waals surface area (Å²) in [6.07, 6.45) is 9.34. The van der Waals surface area contributed by atoms with Gasteiger partial charge in [-0.15, -0.1) is 0 Å². The molecule has 4 rings (SSSR count). The predicted octanol–water partition coefficient (Wildman–Crippen LogP) is 3.47. The number of hydrogen-bond acceptors (Lipinski definition) is 6. The van der Waals surface area contributed by atoms with E-state index in [-0.39, 0.29) is 6.61 Å². The van der Waals surface area contributed by atoms with Crippen LogP contribution < -0.4 is 9.47 Å². The van der Waals surface area contributed by atoms with E-state index >= 15 is 0 Å². The first kappa shape index (κ1) is 17.2. The van der Waals surface area contributed by atoms with Gasteiger partial charge < -0.3 is 9.47 Å². The van der Waals surface area contributed by atoms with Crippen LogP contribution in [0.2, 0.25) is 0 Å². The van der Waals surface area contributed by atoms with Gasteiger partial charge in [0.25, 0.3) is 0 Å². The fourth-order valence-corrected chi connectivity index (χ4v) is 3.13. The van der Waals surface area contributed by atoms with Crippen LogP contribution in [0.3, 0.4) is 0 Å². The van der Waals surface area contributed by atoms with Gasteiger partial charge in [0.15, 0.2) is 6.29 Å². The fraction of sp³-hybridized carbons (Fsp3) is 0.300. The Morgan fingerprint density at radius 3 is 2.89 bits per heavy atom. The van der Waals surface area contributed by atoms with Gasteiger partial charge >= 0.3 is 0 Å². The van der Waals surface area contributed by atoms with Crippen LogP contribution in [0.15, 0.2) is 42.9 Å². The van der Waals surface area contributed by atoms with Crippen LogP contribution in [0.25, 0.3) is 11.4 Å². The number of pyridine rings is 2. The zero-order valence-electron chi connectivity index (χ0n) is 15.0. The molecule has 1 aliphatic carbocycles. The number of nitrogens with zero attached hydrogens (tertiary/aromatic N) is 4. The van der Waals surface area contributed by atoms with Crippen LogP contribution in [-0.2, 0) is 6.61 Å². The van der Waals surface area contributed by atoms with Crippen molar-refractivity contribution in [2.75, 3.05) is 7.11 Å². The zero-order chi connectivity index (χ0) is 18.6. The van der Waals surface area contributed by atoms with Gasteiger partial charge in [0.2, 0.25) is 5.88 Å². The largest absolute Gasteiger partial charge is 0.486 e. The molecule has 3 heterocycles. The highest BCUT2D eigenvalue weighted by Gasteiger charge is 2.24. The standard InChI is InChI=1S/C20H20N4O3/c1-26-19-10-15(12-25)18(11-22-19)27-13-14-4-3-8-21-20(14)17-7-9-23-24(17)16-5-2-6-16/h3-4,7-12,16H,2,5-6,13H2,1H3. The summed E-state index contributed by atoms with van der Waals surface area (Å²) >= 11 is 0. The van der Waals surface area contributed by atoms with Gasteiger partial charge in [-0.25, -0.2) is 4.98 Å². The van der Waals surface area contributed by atoms with E-state index < -0.39 is 0 Å². The van der Waals surface area contributed by atoms with Crippen LogP contribution in [0, 0.1) is 0 Å². The molecular formula is C20H20N4O3. The summed E-state index contributed by atoms with van der Waals surface area (Å²) in [5.74, 6) is 0.782. The van der Waals surface area contributed by atoms with E-state index in [0.29, 0.717) is 23.2 Å². The molecule has 27 heavy (non-hydrogen) atoms. The minimum Gasteiger partial charge on any atom is -0.486 e. The van der Waals surface area contributed by atoms with Crippen molar-refractivity contribution in [2.24, 2.45) is 0 Å². The Morgan fingerprint density at radius 1 is 1.26 bits per heavy atom. The van der Waals surface area contributed by atoms with Crippen molar-refractivity contribution in [3.63, 3.8) is 0 Å². The topological polar surface area (TPSA) is 79.1 Å². The lowest BCUT2D eigenvalue weighted by Crippen LogP contribution is -2.19. The molecule has 0 unspecified atom stereocenters. The Labute approximate surface area is 157 Å². The molecule has 3 aromatic heterocycles. The maximum atomic E-state index is 11.3. The van der Waals surface area contributed by atoms with Crippen molar-refractivity contribution in [1.82, 2.24) is 19.7 Å². The van der Waals surface area contributed by atoms with Crippen LogP contribution in [0.4, 0.5) is 0 Å². The molecule has 0 atom stereocenters. The van der Waals surface area contributed by atoms with Crippen molar-refractivity contribution in [3.8, 4) is 23.0 Å². The molecule has 138 valence electrons. The van der Waals surface area contributed by atoms with Crippen LogP contribution >= 0.6 is 0 Å². The van der Waals surface area contributed by atoms with Crippen LogP contribution in [-0.4, -0.2) is 33.1 Å². The lowest BCUT2D eigenvalue weighted by Gasteiger charge is -2.27. The molecular weight excluding hydrogens is 344 g/mol. The molecule has 1 saturated carbocycles. The van der Waals surface area contributed by atoms with Crippen LogP contribution in [0.5, 0.6) is 11.6 Å². The number of aldehydes is 1. The Hall–Kier alpha value is -3.22. The van der Waals surface area contributed by atoms with E-state index in [9.17, 15) is 4.79 Å². The first-order chi connectivity index (χ1) is 13.3. The number of rotatable bonds is 7. The minimum atomic E-state index is 0.272. The third-order valence-corrected chi connectivity index (χ3v) is 4.82. The first-order valence-electron chi connectivity index (χ1n) is 8.90. The summed E-state index contributed by atoms with van der Waals surface area (Å²) in [6.45, 7) is 0.272. The summed E-state index contributed by atoms with van der Waals surface area (Å²) in [5, 5.41) is 4.49. The normalized spacial score (nSPS) is 13.8. The molecule has 0 saturated heterocycles. The van der Waals surface area contributed by atoms with Gasteiger partial charge in [-0.05, 0) is 31.4 Å². The number of ether oxygens (including phenoxy) is 2. The van der Waals surface area contributed by atoms with Crippen molar-refractivity contribution in [3.05, 3.63) is 54.0 Å². The van der Waals surface area contributed by atoms with Crippen molar-refractivity contribution >= 4 is 6.29 Å². The van der Waals surface area contributed by atoms with Crippen molar-refractivity contribution in [1.29, 1.82) is 0 Å². The number of aromatic nitrogens is 4. The number of carbonyl (C=O) groups excluding carboxylic acids is 1. The smallest absolute Gasteiger partial charge is 0.213 e. The molecule has 7 heteroatoms. The van der Waals surface area contributed by atoms with Gasteiger partial charge in [-0.2, -0.15) is 5.10 Å². The lowest BCUT2D eigenvalue weighted by molar-refractivity contribution is 0.111. The second kappa shape index (κ2) is 7.57. The zero-order valence-corrected chi connectivity index (χ0v) is 15.0. The Morgan fingerprint density at radius 2 is 2.15 bits per heavy atom. The highest BCUT2D eigenvalue weighted by Crippen LogP contribution is 2.35. The van der Waals surface area contributed by atoms with Gasteiger partial charge in [-0.3, -0.25) is 14.5 Å². The Balaban J connectivity index is 1.59. The van der Waals surface area contributed by atoms with Crippen LogP contribution in [0.1, 0.15) is 41.2 Å². The third-order valence-electron chi connectivity index (χ3n) is 4.82. The van der Waals surface area contributed by atoms with Gasteiger partial charge in [-0.1, -0.05) is 6.07 Å². The Kier molecular flexibility index (Phi) is 4.82. The monoisotopic (exact) mass is 364 g/mol. The van der Waals surface area contributed by atoms with E-state index in [1.807, 2.05) is 24.4 Å². The highest BCUT2D eigenvalue weighted by atomic mass is 16.5. The molecule has 0 N–H and O–H groups in total. The minimum absolute atomic E-state index is 0.272. The highest BCUT2D eigenvalue weighted by molar-refractivity contribution is 5.79. The average molecular weight is 364 g/mol. The summed E-state index contributed by atoms with van der Waals surface area (Å²) in [7, 11) is 1.50. The molecule has 0 radical (unpaired) electrons. The van der Waals surface area contributed by atoms with Crippen molar-refractivity contribution < 1.29 is 14.3 Å². The molecule has 0 spiro atoms. The van der Waals surface area contributed by atoms with Gasteiger partial charge in [0.1, 0.15) is 12.4 Å². The molecule has 0 amide bonds. The van der Waals surface area contributed by atoms with E-state index in [4.69, 9.17) is 9.47 Å². The SMILES string of the molecule is COc1cc(C=O)c(OCc2cccnc2-c2ccnn2C2CCC2)cn1. The maximum absolute atomic E-state index is 11.3. The summed E-state index contributed by atoms with van der Waals surface area (Å²) < 4.78 is 13.0. The van der Waals surface area contributed by atoms with E-state index in [2.05, 4.69) is 19.7 Å². The number of methoxy groups -OCH3 is 1. The number of carbonyl (C=O) groups is 1. The Bertz CT molecular complexity index is 950. The first-order valence-corrected chi connectivity index (χ1v) is 8.90. The van der Waals surface area contributed by atoms with E-state index in [1.165, 1.54) is 19.7 Å². The molecule has 7 nitrogen and oxygen atoms in total. The van der Waals surface area contributed by atoms with Crippen molar-refractivity contribution in [2.45, 2.75) is 31.9 Å². The van der Waals surface area contributed by atoms with E-state index in [0.717, 1.165) is 36.1 Å². The summed E-state index contributed by atoms with van der Waals surface area (Å²) in [5.41, 5.74) is 3.15. The predicted molar refractivity (Wildman–Crippen MR) is 98.9 cm³/mol. The second-order valence-electron chi connectivity index (χ2n) is 6.43. The average Bonchev–Trinajstić information content (AvgIpc) is 3.14. The van der Waals surface area contributed by atoms with Gasteiger partial charge in [0, 0.05) is 24.0 Å². The second-order valence-corrected chi connectivity index (χ2v) is 6.43.